The molecule has 0 saturated carbocycles. The molecule has 0 radical (unpaired) electrons. The molecule has 0 spiro atoms. The predicted octanol–water partition coefficient (Wildman–Crippen LogP) is 4.68. The molecule has 2 aromatic rings. The van der Waals surface area contributed by atoms with Gasteiger partial charge in [0.15, 0.2) is 0 Å². The summed E-state index contributed by atoms with van der Waals surface area (Å²) in [5.74, 6) is -0.712. The first-order chi connectivity index (χ1) is 13.0. The van der Waals surface area contributed by atoms with Crippen LogP contribution >= 0.6 is 23.2 Å². The molecule has 0 aliphatic carbocycles. The van der Waals surface area contributed by atoms with E-state index in [-0.39, 0.29) is 16.8 Å². The van der Waals surface area contributed by atoms with Crippen molar-refractivity contribution in [3.63, 3.8) is 0 Å². The van der Waals surface area contributed by atoms with Crippen molar-refractivity contribution in [1.29, 1.82) is 0 Å². The number of anilines is 1. The Morgan fingerprint density at radius 3 is 2.22 bits per heavy atom. The van der Waals surface area contributed by atoms with Gasteiger partial charge in [0.2, 0.25) is 0 Å². The maximum atomic E-state index is 13.4. The van der Waals surface area contributed by atoms with Crippen molar-refractivity contribution in [2.24, 2.45) is 0 Å². The summed E-state index contributed by atoms with van der Waals surface area (Å²) in [6.45, 7) is 3.51. The van der Waals surface area contributed by atoms with Crippen molar-refractivity contribution >= 4 is 46.3 Å². The lowest BCUT2D eigenvalue weighted by molar-refractivity contribution is -0.120. The third-order valence-electron chi connectivity index (χ3n) is 4.99. The maximum Gasteiger partial charge on any atom is 0.282 e. The Labute approximate surface area is 168 Å². The number of carbonyl (C=O) groups is 2. The molecule has 4 rings (SSSR count). The van der Waals surface area contributed by atoms with Crippen LogP contribution < -0.4 is 4.90 Å². The standard InChI is InChI=1S/C21H18Cl2N2O2/c1-13-7-9-14(10-8-13)17-19(24-11-2-3-12-24)21(27)25(20(17)26)16-6-4-5-15(22)18(16)23/h4-10H,2-3,11-12H2,1H3. The van der Waals surface area contributed by atoms with Gasteiger partial charge in [0.05, 0.1) is 21.3 Å². The zero-order valence-corrected chi connectivity index (χ0v) is 16.3. The van der Waals surface area contributed by atoms with Crippen LogP contribution in [0.5, 0.6) is 0 Å². The Morgan fingerprint density at radius 2 is 1.56 bits per heavy atom. The van der Waals surface area contributed by atoms with Gasteiger partial charge in [-0.2, -0.15) is 0 Å². The van der Waals surface area contributed by atoms with Gasteiger partial charge in [-0.1, -0.05) is 59.1 Å². The Bertz CT molecular complexity index is 961. The summed E-state index contributed by atoms with van der Waals surface area (Å²) in [5.41, 5.74) is 3.03. The topological polar surface area (TPSA) is 40.6 Å². The normalized spacial score (nSPS) is 17.4. The third kappa shape index (κ3) is 3.03. The smallest absolute Gasteiger partial charge is 0.282 e. The Hall–Kier alpha value is -2.30. The van der Waals surface area contributed by atoms with Crippen molar-refractivity contribution in [1.82, 2.24) is 4.90 Å². The highest BCUT2D eigenvalue weighted by atomic mass is 35.5. The molecule has 4 nitrogen and oxygen atoms in total. The van der Waals surface area contributed by atoms with E-state index in [1.165, 1.54) is 0 Å². The molecule has 2 aromatic carbocycles. The molecule has 0 atom stereocenters. The summed E-state index contributed by atoms with van der Waals surface area (Å²) < 4.78 is 0. The molecule has 2 aliphatic rings. The summed E-state index contributed by atoms with van der Waals surface area (Å²) in [6, 6.07) is 12.6. The van der Waals surface area contributed by atoms with Crippen molar-refractivity contribution < 1.29 is 9.59 Å². The van der Waals surface area contributed by atoms with Crippen molar-refractivity contribution in [3.8, 4) is 0 Å². The minimum Gasteiger partial charge on any atom is -0.366 e. The molecule has 2 heterocycles. The average molecular weight is 401 g/mol. The number of rotatable bonds is 3. The monoisotopic (exact) mass is 400 g/mol. The SMILES string of the molecule is Cc1ccc(C2=C(N3CCCC3)C(=O)N(c3cccc(Cl)c3Cl)C2=O)cc1. The van der Waals surface area contributed by atoms with Gasteiger partial charge in [0.1, 0.15) is 5.70 Å². The molecule has 2 aliphatic heterocycles. The molecule has 0 aromatic heterocycles. The summed E-state index contributed by atoms with van der Waals surface area (Å²) in [4.78, 5) is 29.8. The van der Waals surface area contributed by atoms with Crippen LogP contribution in [0.2, 0.25) is 10.0 Å². The number of benzene rings is 2. The van der Waals surface area contributed by atoms with Crippen LogP contribution in [0.1, 0.15) is 24.0 Å². The highest BCUT2D eigenvalue weighted by Crippen LogP contribution is 2.40. The molecule has 138 valence electrons. The summed E-state index contributed by atoms with van der Waals surface area (Å²) >= 11 is 12.4. The Morgan fingerprint density at radius 1 is 0.889 bits per heavy atom. The van der Waals surface area contributed by atoms with Gasteiger partial charge >= 0.3 is 0 Å². The number of hydrogen-bond donors (Lipinski definition) is 0. The van der Waals surface area contributed by atoms with Crippen LogP contribution in [0.4, 0.5) is 5.69 Å². The molecule has 27 heavy (non-hydrogen) atoms. The first kappa shape index (κ1) is 18.1. The highest BCUT2D eigenvalue weighted by molar-refractivity contribution is 6.49. The minimum atomic E-state index is -0.366. The van der Waals surface area contributed by atoms with E-state index in [9.17, 15) is 9.59 Å². The molecular formula is C21H18Cl2N2O2. The molecular weight excluding hydrogens is 383 g/mol. The van der Waals surface area contributed by atoms with E-state index in [0.717, 1.165) is 42.0 Å². The van der Waals surface area contributed by atoms with E-state index in [1.807, 2.05) is 36.1 Å². The van der Waals surface area contributed by atoms with Crippen molar-refractivity contribution in [2.75, 3.05) is 18.0 Å². The number of nitrogens with zero attached hydrogens (tertiary/aromatic N) is 2. The average Bonchev–Trinajstić information content (AvgIpc) is 3.25. The quantitative estimate of drug-likeness (QED) is 0.702. The van der Waals surface area contributed by atoms with E-state index < -0.39 is 0 Å². The summed E-state index contributed by atoms with van der Waals surface area (Å²) in [6.07, 6.45) is 2.01. The molecule has 0 unspecified atom stereocenters. The van der Waals surface area contributed by atoms with Gasteiger partial charge < -0.3 is 4.90 Å². The molecule has 1 fully saturated rings. The summed E-state index contributed by atoms with van der Waals surface area (Å²) in [7, 11) is 0. The zero-order chi connectivity index (χ0) is 19.1. The van der Waals surface area contributed by atoms with Gasteiger partial charge in [-0.25, -0.2) is 4.90 Å². The fourth-order valence-electron chi connectivity index (χ4n) is 3.62. The number of likely N-dealkylation sites (tertiary alicyclic amines) is 1. The van der Waals surface area contributed by atoms with E-state index in [0.29, 0.717) is 22.0 Å². The number of aryl methyl sites for hydroxylation is 1. The van der Waals surface area contributed by atoms with E-state index >= 15 is 0 Å². The van der Waals surface area contributed by atoms with Crippen LogP contribution in [-0.2, 0) is 9.59 Å². The number of amides is 2. The summed E-state index contributed by atoms with van der Waals surface area (Å²) in [5, 5.41) is 0.507. The van der Waals surface area contributed by atoms with Gasteiger partial charge in [0, 0.05) is 13.1 Å². The van der Waals surface area contributed by atoms with E-state index in [2.05, 4.69) is 0 Å². The van der Waals surface area contributed by atoms with Crippen molar-refractivity contribution in [2.45, 2.75) is 19.8 Å². The molecule has 1 saturated heterocycles. The number of carbonyl (C=O) groups excluding carboxylic acids is 2. The lowest BCUT2D eigenvalue weighted by Crippen LogP contribution is -2.34. The lowest BCUT2D eigenvalue weighted by atomic mass is 10.0. The second-order valence-electron chi connectivity index (χ2n) is 6.80. The molecule has 6 heteroatoms. The van der Waals surface area contributed by atoms with Crippen molar-refractivity contribution in [3.05, 3.63) is 69.3 Å². The fraction of sp³-hybridized carbons (Fsp3) is 0.238. The lowest BCUT2D eigenvalue weighted by Gasteiger charge is -2.21. The fourth-order valence-corrected chi connectivity index (χ4v) is 4.00. The van der Waals surface area contributed by atoms with E-state index in [1.54, 1.807) is 18.2 Å². The van der Waals surface area contributed by atoms with Crippen LogP contribution in [0, 0.1) is 6.92 Å². The zero-order valence-electron chi connectivity index (χ0n) is 14.8. The van der Waals surface area contributed by atoms with Gasteiger partial charge in [-0.15, -0.1) is 0 Å². The second-order valence-corrected chi connectivity index (χ2v) is 7.59. The predicted molar refractivity (Wildman–Crippen MR) is 108 cm³/mol. The first-order valence-electron chi connectivity index (χ1n) is 8.88. The largest absolute Gasteiger partial charge is 0.366 e. The van der Waals surface area contributed by atoms with E-state index in [4.69, 9.17) is 23.2 Å². The maximum absolute atomic E-state index is 13.4. The Balaban J connectivity index is 1.86. The number of halogens is 2. The van der Waals surface area contributed by atoms with Gasteiger partial charge in [0.25, 0.3) is 11.8 Å². The van der Waals surface area contributed by atoms with Crippen LogP contribution in [0.25, 0.3) is 5.57 Å². The highest BCUT2D eigenvalue weighted by Gasteiger charge is 2.43. The first-order valence-corrected chi connectivity index (χ1v) is 9.63. The minimum absolute atomic E-state index is 0.201. The molecule has 0 bridgehead atoms. The van der Waals surface area contributed by atoms with Crippen LogP contribution in [0.3, 0.4) is 0 Å². The van der Waals surface area contributed by atoms with Crippen LogP contribution in [0.15, 0.2) is 48.2 Å². The van der Waals surface area contributed by atoms with Gasteiger partial charge in [-0.05, 0) is 37.5 Å². The molecule has 0 N–H and O–H groups in total. The van der Waals surface area contributed by atoms with Gasteiger partial charge in [-0.3, -0.25) is 9.59 Å². The Kier molecular flexibility index (Phi) is 4.70. The third-order valence-corrected chi connectivity index (χ3v) is 5.80. The second kappa shape index (κ2) is 7.02. The number of hydrogen-bond acceptors (Lipinski definition) is 3. The number of imide groups is 1. The van der Waals surface area contributed by atoms with Crippen LogP contribution in [-0.4, -0.2) is 29.8 Å². The molecule has 2 amide bonds.